The van der Waals surface area contributed by atoms with Crippen molar-refractivity contribution in [3.63, 3.8) is 0 Å². The first-order valence-corrected chi connectivity index (χ1v) is 5.94. The minimum absolute atomic E-state index is 0.0316. The summed E-state index contributed by atoms with van der Waals surface area (Å²) in [4.78, 5) is 20.8. The number of halogens is 1. The van der Waals surface area contributed by atoms with Gasteiger partial charge in [0.05, 0.1) is 11.1 Å². The Morgan fingerprint density at radius 3 is 2.95 bits per heavy atom. The lowest BCUT2D eigenvalue weighted by Gasteiger charge is -2.04. The van der Waals surface area contributed by atoms with E-state index in [9.17, 15) is 9.18 Å². The summed E-state index contributed by atoms with van der Waals surface area (Å²) in [7, 11) is 0. The van der Waals surface area contributed by atoms with Gasteiger partial charge >= 0.3 is 0 Å². The number of nitrogens with zero attached hydrogens (tertiary/aromatic N) is 3. The van der Waals surface area contributed by atoms with Crippen LogP contribution in [-0.4, -0.2) is 20.2 Å². The normalized spacial score (nSPS) is 12.6. The summed E-state index contributed by atoms with van der Waals surface area (Å²) in [6.45, 7) is 0. The molecule has 0 spiro atoms. The number of hydrogen-bond donors (Lipinski definition) is 1. The van der Waals surface area contributed by atoms with E-state index >= 15 is 0 Å². The average Bonchev–Trinajstić information content (AvgIpc) is 2.73. The topological polar surface area (TPSA) is 71.6 Å². The molecule has 0 aliphatic carbocycles. The number of fused-ring (bicyclic) bond motifs is 4. The van der Waals surface area contributed by atoms with Crippen LogP contribution in [-0.2, 0) is 0 Å². The molecule has 0 saturated carbocycles. The Hall–Kier alpha value is -2.89. The maximum absolute atomic E-state index is 13.3. The Labute approximate surface area is 111 Å². The first kappa shape index (κ1) is 11.0. The first-order valence-electron chi connectivity index (χ1n) is 5.94. The van der Waals surface area contributed by atoms with Crippen molar-refractivity contribution >= 4 is 16.7 Å². The molecule has 0 saturated heterocycles. The van der Waals surface area contributed by atoms with Gasteiger partial charge in [-0.3, -0.25) is 14.8 Å². The van der Waals surface area contributed by atoms with Crippen molar-refractivity contribution in [3.05, 3.63) is 64.1 Å². The predicted molar refractivity (Wildman–Crippen MR) is 71.0 cm³/mol. The Morgan fingerprint density at radius 1 is 1.25 bits per heavy atom. The van der Waals surface area contributed by atoms with Crippen LogP contribution in [0.15, 0.2) is 41.3 Å². The summed E-state index contributed by atoms with van der Waals surface area (Å²) in [6.07, 6.45) is 1.54. The second-order valence-corrected chi connectivity index (χ2v) is 4.49. The first-order chi connectivity index (χ1) is 9.66. The smallest absolute Gasteiger partial charge is 0.267 e. The van der Waals surface area contributed by atoms with E-state index in [2.05, 4.69) is 9.97 Å². The second kappa shape index (κ2) is 3.57. The number of hydrogen-bond acceptors (Lipinski definition) is 4. The van der Waals surface area contributed by atoms with Crippen LogP contribution in [0.3, 0.4) is 0 Å². The summed E-state index contributed by atoms with van der Waals surface area (Å²) in [5, 5.41) is 8.44. The summed E-state index contributed by atoms with van der Waals surface area (Å²) >= 11 is 0. The van der Waals surface area contributed by atoms with Gasteiger partial charge < -0.3 is 0 Å². The highest BCUT2D eigenvalue weighted by Crippen LogP contribution is 2.26. The highest BCUT2D eigenvalue weighted by molar-refractivity contribution is 6.14. The van der Waals surface area contributed by atoms with Crippen molar-refractivity contribution in [2.75, 3.05) is 0 Å². The van der Waals surface area contributed by atoms with Gasteiger partial charge in [0, 0.05) is 11.8 Å². The Kier molecular flexibility index (Phi) is 1.96. The monoisotopic (exact) mass is 266 g/mol. The van der Waals surface area contributed by atoms with Crippen LogP contribution < -0.4 is 5.56 Å². The summed E-state index contributed by atoms with van der Waals surface area (Å²) in [5.74, 6) is -0.251. The summed E-state index contributed by atoms with van der Waals surface area (Å²) in [6, 6.07) is 7.28. The van der Waals surface area contributed by atoms with Gasteiger partial charge in [0.15, 0.2) is 11.5 Å². The van der Waals surface area contributed by atoms with E-state index in [0.29, 0.717) is 22.3 Å². The van der Waals surface area contributed by atoms with Crippen LogP contribution >= 0.6 is 0 Å². The maximum atomic E-state index is 13.3. The molecule has 2 aromatic heterocycles. The molecule has 0 atom stereocenters. The van der Waals surface area contributed by atoms with Crippen LogP contribution in [0.25, 0.3) is 16.7 Å². The molecule has 3 aromatic rings. The molecule has 96 valence electrons. The van der Waals surface area contributed by atoms with E-state index in [1.807, 2.05) is 0 Å². The van der Waals surface area contributed by atoms with Crippen LogP contribution in [0.1, 0.15) is 11.4 Å². The standard InChI is InChI=1S/C14H7FN4O/c15-7-3-4-10-9(6-7)11(16)13-18-12-8(2-1-5-17-12)14(20)19(10)13/h1-6,16H. The third-order valence-corrected chi connectivity index (χ3v) is 3.34. The lowest BCUT2D eigenvalue weighted by molar-refractivity contribution is 0.627. The predicted octanol–water partition coefficient (Wildman–Crippen LogP) is 1.65. The SMILES string of the molecule is N=C1c2cc(F)ccc2-n2c1nc1ncccc1c2=O. The molecule has 0 unspecified atom stereocenters. The number of benzene rings is 1. The van der Waals surface area contributed by atoms with Crippen molar-refractivity contribution in [2.24, 2.45) is 0 Å². The molecule has 3 heterocycles. The van der Waals surface area contributed by atoms with Gasteiger partial charge in [0.2, 0.25) is 0 Å². The van der Waals surface area contributed by atoms with Crippen LogP contribution in [0.5, 0.6) is 0 Å². The fraction of sp³-hybridized carbons (Fsp3) is 0. The molecule has 6 heteroatoms. The third kappa shape index (κ3) is 1.25. The highest BCUT2D eigenvalue weighted by atomic mass is 19.1. The van der Waals surface area contributed by atoms with E-state index in [4.69, 9.17) is 5.41 Å². The van der Waals surface area contributed by atoms with Gasteiger partial charge in [-0.1, -0.05) is 0 Å². The fourth-order valence-corrected chi connectivity index (χ4v) is 2.44. The van der Waals surface area contributed by atoms with Gasteiger partial charge in [-0.15, -0.1) is 0 Å². The summed E-state index contributed by atoms with van der Waals surface area (Å²) < 4.78 is 14.7. The van der Waals surface area contributed by atoms with Gasteiger partial charge in [-0.05, 0) is 30.3 Å². The largest absolute Gasteiger partial charge is 0.296 e. The molecule has 5 nitrogen and oxygen atoms in total. The number of pyridine rings is 1. The lowest BCUT2D eigenvalue weighted by Crippen LogP contribution is -2.21. The van der Waals surface area contributed by atoms with E-state index in [-0.39, 0.29) is 17.1 Å². The Bertz CT molecular complexity index is 961. The van der Waals surface area contributed by atoms with Crippen LogP contribution in [0, 0.1) is 11.2 Å². The summed E-state index contributed by atoms with van der Waals surface area (Å²) in [5.41, 5.74) is 0.874. The highest BCUT2D eigenvalue weighted by Gasteiger charge is 2.27. The number of aromatic nitrogens is 3. The molecule has 20 heavy (non-hydrogen) atoms. The zero-order chi connectivity index (χ0) is 13.9. The quantitative estimate of drug-likeness (QED) is 0.526. The zero-order valence-corrected chi connectivity index (χ0v) is 10.1. The molecule has 0 bridgehead atoms. The second-order valence-electron chi connectivity index (χ2n) is 4.49. The van der Waals surface area contributed by atoms with Crippen LogP contribution in [0.4, 0.5) is 4.39 Å². The van der Waals surface area contributed by atoms with Crippen molar-refractivity contribution in [1.82, 2.24) is 14.5 Å². The lowest BCUT2D eigenvalue weighted by atomic mass is 10.1. The molecule has 0 radical (unpaired) electrons. The molecule has 0 fully saturated rings. The van der Waals surface area contributed by atoms with Gasteiger partial charge in [0.1, 0.15) is 11.5 Å². The Morgan fingerprint density at radius 2 is 2.10 bits per heavy atom. The van der Waals surface area contributed by atoms with Gasteiger partial charge in [-0.2, -0.15) is 0 Å². The van der Waals surface area contributed by atoms with E-state index in [0.717, 1.165) is 0 Å². The number of nitrogens with one attached hydrogen (secondary N) is 1. The molecule has 1 aromatic carbocycles. The number of rotatable bonds is 0. The van der Waals surface area contributed by atoms with Gasteiger partial charge in [0.25, 0.3) is 5.56 Å². The van der Waals surface area contributed by atoms with Crippen molar-refractivity contribution < 1.29 is 4.39 Å². The van der Waals surface area contributed by atoms with E-state index in [1.165, 1.54) is 29.0 Å². The molecule has 4 rings (SSSR count). The average molecular weight is 266 g/mol. The Balaban J connectivity index is 2.20. The van der Waals surface area contributed by atoms with Crippen molar-refractivity contribution in [1.29, 1.82) is 5.41 Å². The van der Waals surface area contributed by atoms with Crippen LogP contribution in [0.2, 0.25) is 0 Å². The molecule has 1 aliphatic rings. The zero-order valence-electron chi connectivity index (χ0n) is 10.1. The third-order valence-electron chi connectivity index (χ3n) is 3.34. The van der Waals surface area contributed by atoms with Crippen molar-refractivity contribution in [2.45, 2.75) is 0 Å². The molecule has 0 amide bonds. The fourth-order valence-electron chi connectivity index (χ4n) is 2.44. The molecule has 1 aliphatic heterocycles. The molecule has 1 N–H and O–H groups in total. The van der Waals surface area contributed by atoms with E-state index < -0.39 is 5.82 Å². The molecular weight excluding hydrogens is 259 g/mol. The van der Waals surface area contributed by atoms with Crippen molar-refractivity contribution in [3.8, 4) is 5.69 Å². The van der Waals surface area contributed by atoms with E-state index in [1.54, 1.807) is 12.1 Å². The van der Waals surface area contributed by atoms with Gasteiger partial charge in [-0.25, -0.2) is 14.4 Å². The minimum atomic E-state index is -0.447. The molecular formula is C14H7FN4O. The minimum Gasteiger partial charge on any atom is -0.296 e. The maximum Gasteiger partial charge on any atom is 0.267 e.